The Morgan fingerprint density at radius 2 is 2.10 bits per heavy atom. The van der Waals surface area contributed by atoms with Crippen molar-refractivity contribution in [3.8, 4) is 0 Å². The monoisotopic (exact) mass is 285 g/mol. The number of likely N-dealkylation sites (N-methyl/N-ethyl adjacent to an activating group) is 1. The van der Waals surface area contributed by atoms with Gasteiger partial charge in [0.15, 0.2) is 0 Å². The van der Waals surface area contributed by atoms with Gasteiger partial charge in [0.05, 0.1) is 24.2 Å². The highest BCUT2D eigenvalue weighted by Gasteiger charge is 2.09. The lowest BCUT2D eigenvalue weighted by atomic mass is 10.2. The zero-order valence-electron chi connectivity index (χ0n) is 11.8. The molecule has 6 nitrogen and oxygen atoms in total. The molecular formula is C13H20FN3O3. The van der Waals surface area contributed by atoms with E-state index in [1.807, 2.05) is 19.0 Å². The minimum absolute atomic E-state index is 0.232. The number of hydrogen-bond acceptors (Lipinski definition) is 5. The van der Waals surface area contributed by atoms with Gasteiger partial charge in [-0.15, -0.1) is 0 Å². The highest BCUT2D eigenvalue weighted by Crippen LogP contribution is 2.15. The van der Waals surface area contributed by atoms with Crippen molar-refractivity contribution in [2.75, 3.05) is 40.4 Å². The third-order valence-electron chi connectivity index (χ3n) is 2.59. The van der Waals surface area contributed by atoms with Crippen LogP contribution in [0.4, 0.5) is 10.1 Å². The van der Waals surface area contributed by atoms with E-state index in [-0.39, 0.29) is 5.69 Å². The molecule has 112 valence electrons. The molecule has 0 aliphatic rings. The molecule has 1 rings (SSSR count). The maximum Gasteiger partial charge on any atom is 0.272 e. The summed E-state index contributed by atoms with van der Waals surface area (Å²) in [5.41, 5.74) is 0.314. The third kappa shape index (κ3) is 6.55. The predicted molar refractivity (Wildman–Crippen MR) is 74.1 cm³/mol. The number of nitro benzene ring substituents is 1. The normalized spacial score (nSPS) is 11.0. The molecule has 0 radical (unpaired) electrons. The molecule has 0 amide bonds. The molecule has 0 fully saturated rings. The molecule has 0 aliphatic heterocycles. The molecule has 0 aliphatic carbocycles. The SMILES string of the molecule is CN(C)CCOCCNCc1cc(F)cc([N+](=O)[O-])c1. The zero-order chi connectivity index (χ0) is 15.0. The number of rotatable bonds is 9. The Bertz CT molecular complexity index is 441. The van der Waals surface area contributed by atoms with Gasteiger partial charge in [0.25, 0.3) is 5.69 Å². The van der Waals surface area contributed by atoms with Crippen molar-refractivity contribution in [3.05, 3.63) is 39.7 Å². The Balaban J connectivity index is 2.27. The molecule has 1 N–H and O–H groups in total. The lowest BCUT2D eigenvalue weighted by Crippen LogP contribution is -2.23. The summed E-state index contributed by atoms with van der Waals surface area (Å²) in [4.78, 5) is 12.0. The average Bonchev–Trinajstić information content (AvgIpc) is 2.36. The fourth-order valence-corrected chi connectivity index (χ4v) is 1.57. The summed E-state index contributed by atoms with van der Waals surface area (Å²) in [7, 11) is 3.94. The smallest absolute Gasteiger partial charge is 0.272 e. The van der Waals surface area contributed by atoms with E-state index in [9.17, 15) is 14.5 Å². The molecule has 0 saturated carbocycles. The molecule has 20 heavy (non-hydrogen) atoms. The topological polar surface area (TPSA) is 67.6 Å². The summed E-state index contributed by atoms with van der Waals surface area (Å²) in [6.45, 7) is 3.04. The zero-order valence-corrected chi connectivity index (χ0v) is 11.8. The second kappa shape index (κ2) is 8.57. The van der Waals surface area contributed by atoms with Crippen LogP contribution < -0.4 is 5.32 Å². The molecule has 7 heteroatoms. The number of benzene rings is 1. The van der Waals surface area contributed by atoms with Crippen LogP contribution in [-0.2, 0) is 11.3 Å². The summed E-state index contributed by atoms with van der Waals surface area (Å²) in [5.74, 6) is -0.599. The van der Waals surface area contributed by atoms with E-state index in [1.54, 1.807) is 0 Å². The predicted octanol–water partition coefficient (Wildman–Crippen LogP) is 1.40. The largest absolute Gasteiger partial charge is 0.379 e. The van der Waals surface area contributed by atoms with E-state index in [1.165, 1.54) is 12.1 Å². The number of non-ortho nitro benzene ring substituents is 1. The third-order valence-corrected chi connectivity index (χ3v) is 2.59. The van der Waals surface area contributed by atoms with Crippen LogP contribution in [0.15, 0.2) is 18.2 Å². The maximum atomic E-state index is 13.2. The van der Waals surface area contributed by atoms with Crippen molar-refractivity contribution in [2.45, 2.75) is 6.54 Å². The van der Waals surface area contributed by atoms with Gasteiger partial charge in [-0.2, -0.15) is 0 Å². The first kappa shape index (κ1) is 16.5. The minimum Gasteiger partial charge on any atom is -0.379 e. The van der Waals surface area contributed by atoms with Crippen LogP contribution in [0, 0.1) is 15.9 Å². The van der Waals surface area contributed by atoms with Gasteiger partial charge >= 0.3 is 0 Å². The Hall–Kier alpha value is -1.57. The molecule has 0 unspecified atom stereocenters. The van der Waals surface area contributed by atoms with Gasteiger partial charge in [-0.1, -0.05) is 0 Å². The average molecular weight is 285 g/mol. The fourth-order valence-electron chi connectivity index (χ4n) is 1.57. The van der Waals surface area contributed by atoms with Gasteiger partial charge < -0.3 is 15.0 Å². The van der Waals surface area contributed by atoms with Gasteiger partial charge in [0, 0.05) is 25.7 Å². The van der Waals surface area contributed by atoms with Crippen molar-refractivity contribution in [3.63, 3.8) is 0 Å². The van der Waals surface area contributed by atoms with Crippen molar-refractivity contribution in [2.24, 2.45) is 0 Å². The Kier molecular flexibility index (Phi) is 7.06. The maximum absolute atomic E-state index is 13.2. The van der Waals surface area contributed by atoms with E-state index < -0.39 is 10.7 Å². The van der Waals surface area contributed by atoms with Crippen molar-refractivity contribution >= 4 is 5.69 Å². The Labute approximate surface area is 117 Å². The minimum atomic E-state index is -0.600. The van der Waals surface area contributed by atoms with E-state index in [4.69, 9.17) is 4.74 Å². The number of nitrogens with zero attached hydrogens (tertiary/aromatic N) is 2. The number of hydrogen-bond donors (Lipinski definition) is 1. The van der Waals surface area contributed by atoms with E-state index >= 15 is 0 Å². The van der Waals surface area contributed by atoms with Crippen LogP contribution >= 0.6 is 0 Å². The molecule has 0 atom stereocenters. The molecule has 0 saturated heterocycles. The summed E-state index contributed by atoms with van der Waals surface area (Å²) in [6.07, 6.45) is 0. The number of halogens is 1. The van der Waals surface area contributed by atoms with Gasteiger partial charge in [-0.25, -0.2) is 4.39 Å². The van der Waals surface area contributed by atoms with Crippen LogP contribution in [0.3, 0.4) is 0 Å². The molecule has 0 spiro atoms. The molecule has 1 aromatic carbocycles. The Morgan fingerprint density at radius 3 is 2.75 bits per heavy atom. The first-order valence-electron chi connectivity index (χ1n) is 6.36. The standard InChI is InChI=1S/C13H20FN3O3/c1-16(2)4-6-20-5-3-15-10-11-7-12(14)9-13(8-11)17(18)19/h7-9,15H,3-6,10H2,1-2H3. The summed E-state index contributed by atoms with van der Waals surface area (Å²) in [5, 5.41) is 13.7. The van der Waals surface area contributed by atoms with Crippen molar-refractivity contribution in [1.82, 2.24) is 10.2 Å². The van der Waals surface area contributed by atoms with E-state index in [2.05, 4.69) is 5.32 Å². The molecule has 0 heterocycles. The first-order valence-corrected chi connectivity index (χ1v) is 6.36. The van der Waals surface area contributed by atoms with E-state index in [0.29, 0.717) is 31.9 Å². The molecule has 0 aromatic heterocycles. The molecule has 0 bridgehead atoms. The fraction of sp³-hybridized carbons (Fsp3) is 0.538. The number of nitro groups is 1. The first-order chi connectivity index (χ1) is 9.49. The van der Waals surface area contributed by atoms with Gasteiger partial charge in [0.2, 0.25) is 0 Å². The quantitative estimate of drug-likeness (QED) is 0.422. The molecular weight excluding hydrogens is 265 g/mol. The van der Waals surface area contributed by atoms with Crippen LogP contribution in [0.2, 0.25) is 0 Å². The lowest BCUT2D eigenvalue weighted by molar-refractivity contribution is -0.385. The summed E-state index contributed by atoms with van der Waals surface area (Å²) in [6, 6.07) is 3.56. The van der Waals surface area contributed by atoms with Crippen LogP contribution in [0.1, 0.15) is 5.56 Å². The van der Waals surface area contributed by atoms with Crippen LogP contribution in [0.25, 0.3) is 0 Å². The van der Waals surface area contributed by atoms with Gasteiger partial charge in [-0.3, -0.25) is 10.1 Å². The molecule has 1 aromatic rings. The summed E-state index contributed by atoms with van der Waals surface area (Å²) < 4.78 is 18.6. The van der Waals surface area contributed by atoms with Crippen molar-refractivity contribution < 1.29 is 14.1 Å². The second-order valence-corrected chi connectivity index (χ2v) is 4.67. The van der Waals surface area contributed by atoms with E-state index in [0.717, 1.165) is 12.6 Å². The lowest BCUT2D eigenvalue weighted by Gasteiger charge is -2.10. The highest BCUT2D eigenvalue weighted by atomic mass is 19.1. The van der Waals surface area contributed by atoms with Crippen LogP contribution in [-0.4, -0.2) is 50.2 Å². The van der Waals surface area contributed by atoms with Crippen LogP contribution in [0.5, 0.6) is 0 Å². The number of ether oxygens (including phenoxy) is 1. The van der Waals surface area contributed by atoms with Gasteiger partial charge in [0.1, 0.15) is 5.82 Å². The Morgan fingerprint density at radius 1 is 1.35 bits per heavy atom. The highest BCUT2D eigenvalue weighted by molar-refractivity contribution is 5.35. The second-order valence-electron chi connectivity index (χ2n) is 4.67. The van der Waals surface area contributed by atoms with Gasteiger partial charge in [-0.05, 0) is 25.7 Å². The van der Waals surface area contributed by atoms with Crippen molar-refractivity contribution in [1.29, 1.82) is 0 Å². The summed E-state index contributed by atoms with van der Waals surface area (Å²) >= 11 is 0. The number of nitrogens with one attached hydrogen (secondary N) is 1.